The smallest absolute Gasteiger partial charge is 0.336 e. The Balaban J connectivity index is 2.48. The summed E-state index contributed by atoms with van der Waals surface area (Å²) in [5.41, 5.74) is 1.80. The SMILES string of the molecule is Cc1ccc(/C(=C/c2cccs2)C(=O)O)cc1Cl. The maximum Gasteiger partial charge on any atom is 0.336 e. The summed E-state index contributed by atoms with van der Waals surface area (Å²) in [7, 11) is 0. The molecular formula is C14H11ClO2S. The van der Waals surface area contributed by atoms with Gasteiger partial charge in [-0.15, -0.1) is 11.3 Å². The first-order chi connectivity index (χ1) is 8.58. The van der Waals surface area contributed by atoms with Crippen LogP contribution >= 0.6 is 22.9 Å². The Morgan fingerprint density at radius 2 is 2.17 bits per heavy atom. The molecule has 0 atom stereocenters. The van der Waals surface area contributed by atoms with Crippen LogP contribution in [0, 0.1) is 6.92 Å². The van der Waals surface area contributed by atoms with Gasteiger partial charge in [0.15, 0.2) is 0 Å². The third-order valence-corrected chi connectivity index (χ3v) is 3.77. The van der Waals surface area contributed by atoms with E-state index in [2.05, 4.69) is 0 Å². The minimum Gasteiger partial charge on any atom is -0.478 e. The third-order valence-electron chi connectivity index (χ3n) is 2.54. The van der Waals surface area contributed by atoms with Crippen molar-refractivity contribution in [2.45, 2.75) is 6.92 Å². The molecule has 2 nitrogen and oxygen atoms in total. The van der Waals surface area contributed by atoms with Crippen LogP contribution in [0.3, 0.4) is 0 Å². The zero-order valence-corrected chi connectivity index (χ0v) is 11.3. The lowest BCUT2D eigenvalue weighted by Gasteiger charge is -2.05. The first-order valence-corrected chi connectivity index (χ1v) is 6.58. The van der Waals surface area contributed by atoms with Gasteiger partial charge in [-0.25, -0.2) is 4.79 Å². The number of halogens is 1. The van der Waals surface area contributed by atoms with E-state index in [0.29, 0.717) is 10.6 Å². The van der Waals surface area contributed by atoms with Gasteiger partial charge in [-0.3, -0.25) is 0 Å². The molecule has 2 rings (SSSR count). The molecule has 0 bridgehead atoms. The van der Waals surface area contributed by atoms with Gasteiger partial charge in [-0.05, 0) is 41.6 Å². The second-order valence-corrected chi connectivity index (χ2v) is 5.23. The molecule has 1 N–H and O–H groups in total. The molecular weight excluding hydrogens is 268 g/mol. The number of hydrogen-bond acceptors (Lipinski definition) is 2. The van der Waals surface area contributed by atoms with Crippen LogP contribution < -0.4 is 0 Å². The van der Waals surface area contributed by atoms with Crippen molar-refractivity contribution < 1.29 is 9.90 Å². The lowest BCUT2D eigenvalue weighted by atomic mass is 10.0. The standard InChI is InChI=1S/C14H11ClO2S/c1-9-4-5-10(7-13(9)15)12(14(16)17)8-11-3-2-6-18-11/h2-8H,1H3,(H,16,17)/b12-8-. The zero-order chi connectivity index (χ0) is 13.1. The van der Waals surface area contributed by atoms with Crippen molar-refractivity contribution >= 4 is 40.6 Å². The summed E-state index contributed by atoms with van der Waals surface area (Å²) in [6.45, 7) is 1.88. The lowest BCUT2D eigenvalue weighted by molar-refractivity contribution is -0.130. The number of carbonyl (C=O) groups is 1. The van der Waals surface area contributed by atoms with E-state index in [1.54, 1.807) is 18.2 Å². The Kier molecular flexibility index (Phi) is 3.84. The van der Waals surface area contributed by atoms with Crippen molar-refractivity contribution in [1.82, 2.24) is 0 Å². The number of thiophene rings is 1. The van der Waals surface area contributed by atoms with Gasteiger partial charge in [0.1, 0.15) is 0 Å². The van der Waals surface area contributed by atoms with Crippen LogP contribution in [0.2, 0.25) is 5.02 Å². The molecule has 0 unspecified atom stereocenters. The van der Waals surface area contributed by atoms with Crippen molar-refractivity contribution in [3.8, 4) is 0 Å². The largest absolute Gasteiger partial charge is 0.478 e. The number of carboxylic acids is 1. The molecule has 1 aromatic heterocycles. The van der Waals surface area contributed by atoms with E-state index in [-0.39, 0.29) is 5.57 Å². The van der Waals surface area contributed by atoms with Crippen molar-refractivity contribution in [2.24, 2.45) is 0 Å². The number of aliphatic carboxylic acids is 1. The van der Waals surface area contributed by atoms with E-state index in [1.807, 2.05) is 30.5 Å². The van der Waals surface area contributed by atoms with Gasteiger partial charge >= 0.3 is 5.97 Å². The van der Waals surface area contributed by atoms with E-state index in [4.69, 9.17) is 11.6 Å². The van der Waals surface area contributed by atoms with E-state index in [9.17, 15) is 9.90 Å². The molecule has 0 saturated carbocycles. The average molecular weight is 279 g/mol. The summed E-state index contributed by atoms with van der Waals surface area (Å²) in [5, 5.41) is 11.8. The van der Waals surface area contributed by atoms with E-state index in [0.717, 1.165) is 10.4 Å². The van der Waals surface area contributed by atoms with Crippen LogP contribution in [-0.4, -0.2) is 11.1 Å². The molecule has 1 aromatic carbocycles. The van der Waals surface area contributed by atoms with Crippen LogP contribution in [-0.2, 0) is 4.79 Å². The summed E-state index contributed by atoms with van der Waals surface area (Å²) in [4.78, 5) is 12.2. The molecule has 0 fully saturated rings. The van der Waals surface area contributed by atoms with Crippen molar-refractivity contribution in [1.29, 1.82) is 0 Å². The van der Waals surface area contributed by atoms with Crippen LogP contribution in [0.5, 0.6) is 0 Å². The fraction of sp³-hybridized carbons (Fsp3) is 0.0714. The summed E-state index contributed by atoms with van der Waals surface area (Å²) in [5.74, 6) is -0.955. The Labute approximate surface area is 114 Å². The topological polar surface area (TPSA) is 37.3 Å². The van der Waals surface area contributed by atoms with Gasteiger partial charge in [0.25, 0.3) is 0 Å². The summed E-state index contributed by atoms with van der Waals surface area (Å²) < 4.78 is 0. The van der Waals surface area contributed by atoms with Crippen molar-refractivity contribution in [2.75, 3.05) is 0 Å². The molecule has 0 saturated heterocycles. The molecule has 18 heavy (non-hydrogen) atoms. The normalized spacial score (nSPS) is 11.6. The maximum atomic E-state index is 11.3. The Morgan fingerprint density at radius 1 is 1.39 bits per heavy atom. The lowest BCUT2D eigenvalue weighted by Crippen LogP contribution is -1.99. The van der Waals surface area contributed by atoms with Gasteiger partial charge in [0.2, 0.25) is 0 Å². The highest BCUT2D eigenvalue weighted by Gasteiger charge is 2.11. The van der Waals surface area contributed by atoms with Crippen molar-refractivity contribution in [3.63, 3.8) is 0 Å². The molecule has 0 spiro atoms. The molecule has 2 aromatic rings. The molecule has 0 aliphatic rings. The second kappa shape index (κ2) is 5.38. The Bertz CT molecular complexity index is 600. The number of carboxylic acid groups (broad SMARTS) is 1. The molecule has 0 radical (unpaired) electrons. The summed E-state index contributed by atoms with van der Waals surface area (Å²) in [6.07, 6.45) is 1.66. The van der Waals surface area contributed by atoms with Gasteiger partial charge in [-0.1, -0.05) is 29.8 Å². The predicted octanol–water partition coefficient (Wildman–Crippen LogP) is 4.34. The number of hydrogen-bond donors (Lipinski definition) is 1. The summed E-state index contributed by atoms with van der Waals surface area (Å²) >= 11 is 7.52. The number of rotatable bonds is 3. The third kappa shape index (κ3) is 2.81. The van der Waals surface area contributed by atoms with E-state index in [1.165, 1.54) is 11.3 Å². The second-order valence-electron chi connectivity index (χ2n) is 3.84. The summed E-state index contributed by atoms with van der Waals surface area (Å²) in [6, 6.07) is 9.05. The first kappa shape index (κ1) is 12.9. The highest BCUT2D eigenvalue weighted by atomic mass is 35.5. The quantitative estimate of drug-likeness (QED) is 0.848. The maximum absolute atomic E-state index is 11.3. The molecule has 4 heteroatoms. The van der Waals surface area contributed by atoms with Crippen LogP contribution in [0.4, 0.5) is 0 Å². The Morgan fingerprint density at radius 3 is 2.72 bits per heavy atom. The van der Waals surface area contributed by atoms with Crippen LogP contribution in [0.15, 0.2) is 35.7 Å². The molecule has 0 aliphatic carbocycles. The van der Waals surface area contributed by atoms with E-state index < -0.39 is 5.97 Å². The van der Waals surface area contributed by atoms with Gasteiger partial charge in [0, 0.05) is 9.90 Å². The zero-order valence-electron chi connectivity index (χ0n) is 9.68. The Hall–Kier alpha value is -1.58. The van der Waals surface area contributed by atoms with E-state index >= 15 is 0 Å². The van der Waals surface area contributed by atoms with Gasteiger partial charge < -0.3 is 5.11 Å². The van der Waals surface area contributed by atoms with Crippen LogP contribution in [0.1, 0.15) is 16.0 Å². The number of aryl methyl sites for hydroxylation is 1. The highest BCUT2D eigenvalue weighted by molar-refractivity contribution is 7.11. The minimum absolute atomic E-state index is 0.249. The number of benzene rings is 1. The van der Waals surface area contributed by atoms with Gasteiger partial charge in [0.05, 0.1) is 5.57 Å². The fourth-order valence-electron chi connectivity index (χ4n) is 1.54. The molecule has 1 heterocycles. The first-order valence-electron chi connectivity index (χ1n) is 5.33. The molecule has 0 aliphatic heterocycles. The highest BCUT2D eigenvalue weighted by Crippen LogP contribution is 2.25. The monoisotopic (exact) mass is 278 g/mol. The fourth-order valence-corrected chi connectivity index (χ4v) is 2.38. The minimum atomic E-state index is -0.955. The van der Waals surface area contributed by atoms with Gasteiger partial charge in [-0.2, -0.15) is 0 Å². The average Bonchev–Trinajstić information content (AvgIpc) is 2.82. The molecule has 0 amide bonds. The van der Waals surface area contributed by atoms with Crippen LogP contribution in [0.25, 0.3) is 11.6 Å². The molecule has 92 valence electrons. The van der Waals surface area contributed by atoms with Crippen molar-refractivity contribution in [3.05, 3.63) is 56.7 Å². The predicted molar refractivity (Wildman–Crippen MR) is 76.0 cm³/mol.